The van der Waals surface area contributed by atoms with Crippen LogP contribution in [0.25, 0.3) is 0 Å². The van der Waals surface area contributed by atoms with Crippen molar-refractivity contribution >= 4 is 17.1 Å². The topological polar surface area (TPSA) is 42.9 Å². The van der Waals surface area contributed by atoms with Gasteiger partial charge in [-0.25, -0.2) is 4.98 Å². The zero-order valence-corrected chi connectivity index (χ0v) is 12.0. The molecule has 3 rings (SSSR count). The highest BCUT2D eigenvalue weighted by Gasteiger charge is 2.33. The van der Waals surface area contributed by atoms with Crippen LogP contribution >= 0.6 is 11.3 Å². The van der Waals surface area contributed by atoms with Crippen LogP contribution in [0, 0.1) is 5.41 Å². The molecule has 0 bridgehead atoms. The van der Waals surface area contributed by atoms with Gasteiger partial charge in [0.15, 0.2) is 5.78 Å². The number of hydrogen-bond donors (Lipinski definition) is 0. The number of thiazole rings is 1. The first-order valence-electron chi connectivity index (χ1n) is 6.44. The van der Waals surface area contributed by atoms with Crippen LogP contribution < -0.4 is 0 Å². The van der Waals surface area contributed by atoms with Crippen LogP contribution in [0.3, 0.4) is 0 Å². The van der Waals surface area contributed by atoms with Crippen molar-refractivity contribution in [2.75, 3.05) is 0 Å². The third kappa shape index (κ3) is 2.59. The lowest BCUT2D eigenvalue weighted by atomic mass is 9.78. The van der Waals surface area contributed by atoms with E-state index in [1.165, 1.54) is 5.56 Å². The number of fused-ring (bicyclic) bond motifs is 1. The molecular formula is C15H16N2OS. The highest BCUT2D eigenvalue weighted by atomic mass is 32.1. The molecule has 0 fully saturated rings. The van der Waals surface area contributed by atoms with Crippen LogP contribution in [0.5, 0.6) is 0 Å². The van der Waals surface area contributed by atoms with Gasteiger partial charge in [0.05, 0.1) is 15.6 Å². The summed E-state index contributed by atoms with van der Waals surface area (Å²) in [5.41, 5.74) is 2.23. The molecule has 0 saturated carbocycles. The number of carbonyl (C=O) groups excluding carboxylic acids is 1. The van der Waals surface area contributed by atoms with Gasteiger partial charge in [-0.05, 0) is 29.5 Å². The SMILES string of the molecule is CC1(C)CC(=O)c2sc(Cc3ccncc3)nc2C1. The zero-order chi connectivity index (χ0) is 13.5. The normalized spacial score (nSPS) is 17.3. The van der Waals surface area contributed by atoms with Gasteiger partial charge < -0.3 is 0 Å². The van der Waals surface area contributed by atoms with E-state index < -0.39 is 0 Å². The Morgan fingerprint density at radius 2 is 2.00 bits per heavy atom. The molecule has 0 aromatic carbocycles. The Balaban J connectivity index is 1.89. The minimum Gasteiger partial charge on any atom is -0.293 e. The van der Waals surface area contributed by atoms with Crippen LogP contribution in [0.1, 0.15) is 46.2 Å². The van der Waals surface area contributed by atoms with Crippen molar-refractivity contribution in [3.63, 3.8) is 0 Å². The Hall–Kier alpha value is -1.55. The van der Waals surface area contributed by atoms with Gasteiger partial charge in [-0.1, -0.05) is 13.8 Å². The van der Waals surface area contributed by atoms with Crippen molar-refractivity contribution in [1.82, 2.24) is 9.97 Å². The maximum atomic E-state index is 12.1. The molecule has 2 aromatic heterocycles. The molecule has 19 heavy (non-hydrogen) atoms. The van der Waals surface area contributed by atoms with E-state index in [2.05, 4.69) is 23.8 Å². The van der Waals surface area contributed by atoms with Crippen LogP contribution in [-0.4, -0.2) is 15.8 Å². The van der Waals surface area contributed by atoms with E-state index in [0.717, 1.165) is 28.4 Å². The highest BCUT2D eigenvalue weighted by Crippen LogP contribution is 2.37. The van der Waals surface area contributed by atoms with Crippen molar-refractivity contribution in [2.24, 2.45) is 5.41 Å². The van der Waals surface area contributed by atoms with Crippen LogP contribution in [0.2, 0.25) is 0 Å². The van der Waals surface area contributed by atoms with Crippen molar-refractivity contribution in [3.05, 3.63) is 45.7 Å². The molecule has 0 saturated heterocycles. The molecule has 1 aliphatic carbocycles. The van der Waals surface area contributed by atoms with E-state index in [1.807, 2.05) is 12.1 Å². The maximum absolute atomic E-state index is 12.1. The molecule has 0 radical (unpaired) electrons. The summed E-state index contributed by atoms with van der Waals surface area (Å²) in [4.78, 5) is 21.7. The molecule has 2 heterocycles. The lowest BCUT2D eigenvalue weighted by Gasteiger charge is -2.26. The number of rotatable bonds is 2. The van der Waals surface area contributed by atoms with Crippen LogP contribution in [0.4, 0.5) is 0 Å². The Kier molecular flexibility index (Phi) is 2.97. The van der Waals surface area contributed by atoms with E-state index in [1.54, 1.807) is 23.7 Å². The van der Waals surface area contributed by atoms with Gasteiger partial charge in [0.2, 0.25) is 0 Å². The Morgan fingerprint density at radius 3 is 2.74 bits per heavy atom. The third-order valence-electron chi connectivity index (χ3n) is 3.38. The number of hydrogen-bond acceptors (Lipinski definition) is 4. The van der Waals surface area contributed by atoms with E-state index in [0.29, 0.717) is 6.42 Å². The number of nitrogens with zero attached hydrogens (tertiary/aromatic N) is 2. The fraction of sp³-hybridized carbons (Fsp3) is 0.400. The molecule has 3 nitrogen and oxygen atoms in total. The second kappa shape index (κ2) is 4.53. The monoisotopic (exact) mass is 272 g/mol. The van der Waals surface area contributed by atoms with Crippen LogP contribution in [-0.2, 0) is 12.8 Å². The first kappa shape index (κ1) is 12.5. The van der Waals surface area contributed by atoms with Crippen LogP contribution in [0.15, 0.2) is 24.5 Å². The maximum Gasteiger partial charge on any atom is 0.175 e. The number of carbonyl (C=O) groups is 1. The average molecular weight is 272 g/mol. The number of Topliss-reactive ketones (excluding diaryl/α,β-unsaturated/α-hetero) is 1. The summed E-state index contributed by atoms with van der Waals surface area (Å²) in [6, 6.07) is 3.98. The van der Waals surface area contributed by atoms with Gasteiger partial charge in [0.1, 0.15) is 0 Å². The van der Waals surface area contributed by atoms with Crippen molar-refractivity contribution < 1.29 is 4.79 Å². The van der Waals surface area contributed by atoms with Crippen molar-refractivity contribution in [2.45, 2.75) is 33.1 Å². The minimum absolute atomic E-state index is 0.0477. The average Bonchev–Trinajstić information content (AvgIpc) is 2.71. The minimum atomic E-state index is 0.0477. The predicted molar refractivity (Wildman–Crippen MR) is 75.6 cm³/mol. The summed E-state index contributed by atoms with van der Waals surface area (Å²) >= 11 is 1.56. The summed E-state index contributed by atoms with van der Waals surface area (Å²) in [7, 11) is 0. The summed E-state index contributed by atoms with van der Waals surface area (Å²) in [5.74, 6) is 0.254. The Morgan fingerprint density at radius 1 is 1.26 bits per heavy atom. The molecule has 2 aromatic rings. The molecule has 98 valence electrons. The molecule has 1 aliphatic rings. The first-order chi connectivity index (χ1) is 9.03. The summed E-state index contributed by atoms with van der Waals surface area (Å²) in [5, 5.41) is 1.03. The second-order valence-electron chi connectivity index (χ2n) is 5.86. The molecule has 0 amide bonds. The number of ketones is 1. The van der Waals surface area contributed by atoms with Gasteiger partial charge in [-0.3, -0.25) is 9.78 Å². The smallest absolute Gasteiger partial charge is 0.175 e. The molecule has 0 atom stereocenters. The molecule has 0 N–H and O–H groups in total. The standard InChI is InChI=1S/C15H16N2OS/c1-15(2)8-11-14(12(18)9-15)19-13(17-11)7-10-3-5-16-6-4-10/h3-6H,7-9H2,1-2H3. The molecule has 4 heteroatoms. The van der Waals surface area contributed by atoms with Gasteiger partial charge in [-0.2, -0.15) is 0 Å². The lowest BCUT2D eigenvalue weighted by Crippen LogP contribution is -2.26. The lowest BCUT2D eigenvalue weighted by molar-refractivity contribution is 0.0916. The zero-order valence-electron chi connectivity index (χ0n) is 11.1. The van der Waals surface area contributed by atoms with Gasteiger partial charge in [-0.15, -0.1) is 11.3 Å². The summed E-state index contributed by atoms with van der Waals surface area (Å²) < 4.78 is 0. The van der Waals surface area contributed by atoms with Gasteiger partial charge in [0.25, 0.3) is 0 Å². The molecule has 0 aliphatic heterocycles. The van der Waals surface area contributed by atoms with E-state index >= 15 is 0 Å². The fourth-order valence-electron chi connectivity index (χ4n) is 2.52. The Labute approximate surface area is 116 Å². The highest BCUT2D eigenvalue weighted by molar-refractivity contribution is 7.13. The van der Waals surface area contributed by atoms with E-state index in [9.17, 15) is 4.79 Å². The van der Waals surface area contributed by atoms with E-state index in [-0.39, 0.29) is 11.2 Å². The largest absolute Gasteiger partial charge is 0.293 e. The second-order valence-corrected chi connectivity index (χ2v) is 6.94. The van der Waals surface area contributed by atoms with Crippen molar-refractivity contribution in [1.29, 1.82) is 0 Å². The molecule has 0 unspecified atom stereocenters. The molecule has 0 spiro atoms. The summed E-state index contributed by atoms with van der Waals surface area (Å²) in [6.45, 7) is 4.27. The number of pyridine rings is 1. The number of aromatic nitrogens is 2. The fourth-order valence-corrected chi connectivity index (χ4v) is 3.57. The predicted octanol–water partition coefficient (Wildman–Crippen LogP) is 3.28. The summed E-state index contributed by atoms with van der Waals surface area (Å²) in [6.07, 6.45) is 5.90. The van der Waals surface area contributed by atoms with E-state index in [4.69, 9.17) is 0 Å². The van der Waals surface area contributed by atoms with Gasteiger partial charge >= 0.3 is 0 Å². The van der Waals surface area contributed by atoms with Crippen molar-refractivity contribution in [3.8, 4) is 0 Å². The van der Waals surface area contributed by atoms with Gasteiger partial charge in [0, 0.05) is 25.2 Å². The Bertz CT molecular complexity index is 616. The quantitative estimate of drug-likeness (QED) is 0.842. The first-order valence-corrected chi connectivity index (χ1v) is 7.26. The molecular weight excluding hydrogens is 256 g/mol. The third-order valence-corrected chi connectivity index (χ3v) is 4.52.